The van der Waals surface area contributed by atoms with Crippen molar-refractivity contribution in [2.75, 3.05) is 20.3 Å². The first-order valence-electron chi connectivity index (χ1n) is 8.94. The minimum atomic E-state index is -0.842. The van der Waals surface area contributed by atoms with Gasteiger partial charge in [-0.1, -0.05) is 28.1 Å². The fourth-order valence-corrected chi connectivity index (χ4v) is 3.20. The van der Waals surface area contributed by atoms with Crippen molar-refractivity contribution in [3.63, 3.8) is 0 Å². The first-order valence-corrected chi connectivity index (χ1v) is 9.73. The zero-order valence-electron chi connectivity index (χ0n) is 15.8. The highest BCUT2D eigenvalue weighted by Crippen LogP contribution is 2.20. The third-order valence-electron chi connectivity index (χ3n) is 4.46. The van der Waals surface area contributed by atoms with Crippen LogP contribution in [0.4, 0.5) is 4.79 Å². The summed E-state index contributed by atoms with van der Waals surface area (Å²) in [5.41, 5.74) is 0.434. The molecule has 8 nitrogen and oxygen atoms in total. The third kappa shape index (κ3) is 5.79. The number of Topliss-reactive ketones (excluding diaryl/α,β-unsaturated/α-hetero) is 1. The maximum Gasteiger partial charge on any atom is 0.407 e. The molecule has 2 amide bonds. The summed E-state index contributed by atoms with van der Waals surface area (Å²) in [6.07, 6.45) is 1.24. The van der Waals surface area contributed by atoms with E-state index in [-0.39, 0.29) is 5.78 Å². The first-order chi connectivity index (χ1) is 13.3. The van der Waals surface area contributed by atoms with E-state index in [9.17, 15) is 19.2 Å². The summed E-state index contributed by atoms with van der Waals surface area (Å²) in [6.45, 7) is 1.51. The Kier molecular flexibility index (Phi) is 7.98. The smallest absolute Gasteiger partial charge is 0.407 e. The van der Waals surface area contributed by atoms with Gasteiger partial charge in [-0.05, 0) is 38.3 Å². The number of nitrogens with one attached hydrogen (secondary N) is 1. The lowest BCUT2D eigenvalue weighted by atomic mass is 10.0. The van der Waals surface area contributed by atoms with Gasteiger partial charge >= 0.3 is 12.1 Å². The number of hydrogen-bond acceptors (Lipinski definition) is 6. The number of halogens is 1. The van der Waals surface area contributed by atoms with Crippen molar-refractivity contribution < 1.29 is 28.7 Å². The number of ketones is 1. The molecule has 0 bridgehead atoms. The van der Waals surface area contributed by atoms with Crippen LogP contribution in [0, 0.1) is 0 Å². The summed E-state index contributed by atoms with van der Waals surface area (Å²) in [4.78, 5) is 50.1. The lowest BCUT2D eigenvalue weighted by Crippen LogP contribution is -2.55. The maximum atomic E-state index is 12.6. The molecule has 1 aromatic carbocycles. The molecule has 1 aliphatic rings. The molecule has 0 unspecified atom stereocenters. The molecule has 1 fully saturated rings. The van der Waals surface area contributed by atoms with Gasteiger partial charge < -0.3 is 19.7 Å². The second-order valence-corrected chi connectivity index (χ2v) is 7.35. The molecule has 1 N–H and O–H groups in total. The Morgan fingerprint density at radius 2 is 1.89 bits per heavy atom. The molecule has 9 heteroatoms. The Morgan fingerprint density at radius 3 is 2.54 bits per heavy atom. The van der Waals surface area contributed by atoms with Crippen LogP contribution in [-0.4, -0.2) is 61.0 Å². The van der Waals surface area contributed by atoms with Gasteiger partial charge in [0.15, 0.2) is 12.4 Å². The van der Waals surface area contributed by atoms with Gasteiger partial charge in [0, 0.05) is 16.6 Å². The zero-order chi connectivity index (χ0) is 20.7. The van der Waals surface area contributed by atoms with Gasteiger partial charge in [0.25, 0.3) is 0 Å². The lowest BCUT2D eigenvalue weighted by Gasteiger charge is -2.35. The fourth-order valence-electron chi connectivity index (χ4n) is 2.94. The van der Waals surface area contributed by atoms with Crippen LogP contribution < -0.4 is 5.32 Å². The predicted octanol–water partition coefficient (Wildman–Crippen LogP) is 2.30. The van der Waals surface area contributed by atoms with Gasteiger partial charge in [0.2, 0.25) is 5.91 Å². The number of hydrogen-bond donors (Lipinski definition) is 1. The molecule has 0 aromatic heterocycles. The van der Waals surface area contributed by atoms with Gasteiger partial charge in [-0.2, -0.15) is 0 Å². The average molecular weight is 455 g/mol. The highest BCUT2D eigenvalue weighted by atomic mass is 79.9. The predicted molar refractivity (Wildman–Crippen MR) is 104 cm³/mol. The van der Waals surface area contributed by atoms with Crippen molar-refractivity contribution in [1.82, 2.24) is 10.2 Å². The van der Waals surface area contributed by atoms with Crippen LogP contribution in [0.2, 0.25) is 0 Å². The molecular formula is C19H23BrN2O6. The summed E-state index contributed by atoms with van der Waals surface area (Å²) in [7, 11) is 1.20. The molecule has 1 aromatic rings. The van der Waals surface area contributed by atoms with E-state index in [0.29, 0.717) is 18.5 Å². The standard InChI is InChI=1S/C19H23BrN2O6/c1-12(21-19(26)27-2)17(24)22-10-4-3-5-15(22)18(25)28-11-16(23)13-6-8-14(20)9-7-13/h6-9,12,15H,3-5,10-11H2,1-2H3,(H,21,26)/t12-,15-/m0/s1. The third-order valence-corrected chi connectivity index (χ3v) is 4.99. The molecule has 2 atom stereocenters. The van der Waals surface area contributed by atoms with Crippen LogP contribution in [0.15, 0.2) is 28.7 Å². The number of methoxy groups -OCH3 is 1. The first kappa shape index (κ1) is 21.9. The van der Waals surface area contributed by atoms with E-state index >= 15 is 0 Å². The van der Waals surface area contributed by atoms with Gasteiger partial charge in [-0.25, -0.2) is 9.59 Å². The van der Waals surface area contributed by atoms with Gasteiger partial charge in [-0.15, -0.1) is 0 Å². The second kappa shape index (κ2) is 10.2. The van der Waals surface area contributed by atoms with Crippen LogP contribution in [-0.2, 0) is 19.1 Å². The van der Waals surface area contributed by atoms with Crippen LogP contribution in [0.25, 0.3) is 0 Å². The van der Waals surface area contributed by atoms with Crippen molar-refractivity contribution in [1.29, 1.82) is 0 Å². The van der Waals surface area contributed by atoms with E-state index in [4.69, 9.17) is 4.74 Å². The number of ether oxygens (including phenoxy) is 2. The maximum absolute atomic E-state index is 12.6. The Bertz CT molecular complexity index is 736. The minimum absolute atomic E-state index is 0.324. The van der Waals surface area contributed by atoms with Gasteiger partial charge in [-0.3, -0.25) is 9.59 Å². The molecule has 1 heterocycles. The van der Waals surface area contributed by atoms with Crippen LogP contribution in [0.5, 0.6) is 0 Å². The van der Waals surface area contributed by atoms with Crippen molar-refractivity contribution in [3.05, 3.63) is 34.3 Å². The van der Waals surface area contributed by atoms with E-state index < -0.39 is 36.7 Å². The molecule has 152 valence electrons. The number of esters is 1. The Morgan fingerprint density at radius 1 is 1.21 bits per heavy atom. The number of carbonyl (C=O) groups is 4. The quantitative estimate of drug-likeness (QED) is 0.522. The molecule has 2 rings (SSSR count). The normalized spacial score (nSPS) is 17.4. The Labute approximate surface area is 171 Å². The number of rotatable bonds is 6. The number of likely N-dealkylation sites (tertiary alicyclic amines) is 1. The zero-order valence-corrected chi connectivity index (χ0v) is 17.4. The van der Waals surface area contributed by atoms with E-state index in [1.807, 2.05) is 0 Å². The van der Waals surface area contributed by atoms with Gasteiger partial charge in [0.1, 0.15) is 12.1 Å². The number of piperidine rings is 1. The average Bonchev–Trinajstić information content (AvgIpc) is 2.71. The highest BCUT2D eigenvalue weighted by Gasteiger charge is 2.35. The minimum Gasteiger partial charge on any atom is -0.456 e. The topological polar surface area (TPSA) is 102 Å². The molecule has 1 saturated heterocycles. The van der Waals surface area contributed by atoms with Crippen LogP contribution >= 0.6 is 15.9 Å². The second-order valence-electron chi connectivity index (χ2n) is 6.44. The number of benzene rings is 1. The fraction of sp³-hybridized carbons (Fsp3) is 0.474. The molecule has 0 radical (unpaired) electrons. The molecule has 0 saturated carbocycles. The monoisotopic (exact) mass is 454 g/mol. The lowest BCUT2D eigenvalue weighted by molar-refractivity contribution is -0.156. The van der Waals surface area contributed by atoms with E-state index in [0.717, 1.165) is 17.3 Å². The van der Waals surface area contributed by atoms with Crippen LogP contribution in [0.3, 0.4) is 0 Å². The summed E-state index contributed by atoms with van der Waals surface area (Å²) in [5, 5.41) is 2.40. The van der Waals surface area contributed by atoms with E-state index in [1.54, 1.807) is 24.3 Å². The number of nitrogens with zero attached hydrogens (tertiary/aromatic N) is 1. The van der Waals surface area contributed by atoms with E-state index in [2.05, 4.69) is 26.0 Å². The van der Waals surface area contributed by atoms with Crippen molar-refractivity contribution in [2.24, 2.45) is 0 Å². The Hall–Kier alpha value is -2.42. The molecule has 0 aliphatic carbocycles. The van der Waals surface area contributed by atoms with E-state index in [1.165, 1.54) is 18.9 Å². The number of alkyl carbamates (subject to hydrolysis) is 1. The van der Waals surface area contributed by atoms with Crippen molar-refractivity contribution >= 4 is 39.7 Å². The summed E-state index contributed by atoms with van der Waals surface area (Å²) in [5.74, 6) is -1.34. The van der Waals surface area contributed by atoms with Crippen molar-refractivity contribution in [2.45, 2.75) is 38.3 Å². The van der Waals surface area contributed by atoms with Crippen molar-refractivity contribution in [3.8, 4) is 0 Å². The SMILES string of the molecule is COC(=O)N[C@@H](C)C(=O)N1CCCC[C@H]1C(=O)OCC(=O)c1ccc(Br)cc1. The molecule has 28 heavy (non-hydrogen) atoms. The highest BCUT2D eigenvalue weighted by molar-refractivity contribution is 9.10. The van der Waals surface area contributed by atoms with Gasteiger partial charge in [0.05, 0.1) is 7.11 Å². The van der Waals surface area contributed by atoms with Crippen LogP contribution in [0.1, 0.15) is 36.5 Å². The number of carbonyl (C=O) groups excluding carboxylic acids is 4. The summed E-state index contributed by atoms with van der Waals surface area (Å²) < 4.78 is 10.5. The summed E-state index contributed by atoms with van der Waals surface area (Å²) >= 11 is 3.29. The molecule has 1 aliphatic heterocycles. The summed E-state index contributed by atoms with van der Waals surface area (Å²) in [6, 6.07) is 5.11. The number of amides is 2. The molecule has 0 spiro atoms. The molecular weight excluding hydrogens is 432 g/mol. The largest absolute Gasteiger partial charge is 0.456 e. The Balaban J connectivity index is 1.97.